The van der Waals surface area contributed by atoms with E-state index in [1.807, 2.05) is 11.8 Å². The number of anilines is 1. The number of hydrogen-bond donors (Lipinski definition) is 1. The Morgan fingerprint density at radius 1 is 1.47 bits per heavy atom. The van der Waals surface area contributed by atoms with E-state index >= 15 is 0 Å². The lowest BCUT2D eigenvalue weighted by Crippen LogP contribution is -2.20. The summed E-state index contributed by atoms with van der Waals surface area (Å²) in [4.78, 5) is 6.60. The van der Waals surface area contributed by atoms with E-state index in [0.29, 0.717) is 5.13 Å². The molecule has 0 aliphatic carbocycles. The Morgan fingerprint density at radius 3 is 3.06 bits per heavy atom. The lowest BCUT2D eigenvalue weighted by atomic mass is 10.2. The van der Waals surface area contributed by atoms with Gasteiger partial charge < -0.3 is 10.6 Å². The maximum Gasteiger partial charge on any atom is 0.181 e. The highest BCUT2D eigenvalue weighted by atomic mass is 32.2. The summed E-state index contributed by atoms with van der Waals surface area (Å²) in [5.74, 6) is 1.17. The lowest BCUT2D eigenvalue weighted by Gasteiger charge is -2.15. The van der Waals surface area contributed by atoms with Crippen molar-refractivity contribution in [1.29, 1.82) is 0 Å². The molecule has 1 heterocycles. The molecule has 2 aromatic rings. The van der Waals surface area contributed by atoms with Crippen LogP contribution < -0.4 is 5.73 Å². The van der Waals surface area contributed by atoms with E-state index in [9.17, 15) is 0 Å². The van der Waals surface area contributed by atoms with Crippen LogP contribution in [0.25, 0.3) is 10.2 Å². The molecule has 2 N–H and O–H groups in total. The molecule has 17 heavy (non-hydrogen) atoms. The quantitative estimate of drug-likeness (QED) is 0.904. The Labute approximate surface area is 110 Å². The molecule has 0 bridgehead atoms. The summed E-state index contributed by atoms with van der Waals surface area (Å²) in [6.07, 6.45) is 2.14. The molecule has 0 saturated heterocycles. The molecule has 0 amide bonds. The van der Waals surface area contributed by atoms with E-state index in [-0.39, 0.29) is 0 Å². The van der Waals surface area contributed by atoms with Crippen LogP contribution in [0.15, 0.2) is 18.2 Å². The number of benzene rings is 1. The van der Waals surface area contributed by atoms with Gasteiger partial charge in [0.1, 0.15) is 0 Å². The number of thioether (sulfide) groups is 1. The van der Waals surface area contributed by atoms with Crippen LogP contribution >= 0.6 is 23.1 Å². The van der Waals surface area contributed by atoms with Gasteiger partial charge in [-0.15, -0.1) is 0 Å². The van der Waals surface area contributed by atoms with E-state index in [2.05, 4.69) is 41.4 Å². The molecule has 0 spiro atoms. The Morgan fingerprint density at radius 2 is 2.29 bits per heavy atom. The number of nitrogen functional groups attached to an aromatic ring is 1. The Hall–Kier alpha value is -0.780. The molecule has 0 atom stereocenters. The molecule has 0 saturated carbocycles. The minimum absolute atomic E-state index is 0.646. The van der Waals surface area contributed by atoms with Crippen LogP contribution in [0.5, 0.6) is 0 Å². The van der Waals surface area contributed by atoms with Crippen molar-refractivity contribution in [2.45, 2.75) is 6.54 Å². The molecule has 2 rings (SSSR count). The maximum absolute atomic E-state index is 5.70. The fourth-order valence-electron chi connectivity index (χ4n) is 1.72. The number of hydrogen-bond acceptors (Lipinski definition) is 5. The molecule has 0 aliphatic rings. The minimum Gasteiger partial charge on any atom is -0.375 e. The molecule has 5 heteroatoms. The van der Waals surface area contributed by atoms with Gasteiger partial charge in [-0.3, -0.25) is 0 Å². The third kappa shape index (κ3) is 3.34. The zero-order valence-electron chi connectivity index (χ0n) is 10.1. The van der Waals surface area contributed by atoms with Crippen molar-refractivity contribution < 1.29 is 0 Å². The molecule has 92 valence electrons. The molecule has 0 radical (unpaired) electrons. The standard InChI is InChI=1S/C12H17N3S2/c1-15(5-6-16-2)8-9-3-4-10-11(7-9)17-12(13)14-10/h3-4,7H,5-6,8H2,1-2H3,(H2,13,14). The number of nitrogens with zero attached hydrogens (tertiary/aromatic N) is 2. The molecule has 1 aromatic heterocycles. The third-order valence-electron chi connectivity index (χ3n) is 2.60. The zero-order valence-corrected chi connectivity index (χ0v) is 11.8. The van der Waals surface area contributed by atoms with Gasteiger partial charge in [0.05, 0.1) is 10.2 Å². The summed E-state index contributed by atoms with van der Waals surface area (Å²) < 4.78 is 1.18. The second-order valence-corrected chi connectivity index (χ2v) is 6.13. The van der Waals surface area contributed by atoms with Crippen LogP contribution in [0.1, 0.15) is 5.56 Å². The van der Waals surface area contributed by atoms with Gasteiger partial charge in [-0.2, -0.15) is 11.8 Å². The van der Waals surface area contributed by atoms with Crippen molar-refractivity contribution in [3.8, 4) is 0 Å². The van der Waals surface area contributed by atoms with Crippen LogP contribution in [0.4, 0.5) is 5.13 Å². The SMILES string of the molecule is CSCCN(C)Cc1ccc2nc(N)sc2c1. The first-order valence-corrected chi connectivity index (χ1v) is 7.72. The van der Waals surface area contributed by atoms with Crippen molar-refractivity contribution in [1.82, 2.24) is 9.88 Å². The topological polar surface area (TPSA) is 42.2 Å². The van der Waals surface area contributed by atoms with Gasteiger partial charge in [0.25, 0.3) is 0 Å². The predicted molar refractivity (Wildman–Crippen MR) is 78.7 cm³/mol. The Bertz CT molecular complexity index is 495. The molecular formula is C12H17N3S2. The van der Waals surface area contributed by atoms with Gasteiger partial charge in [0, 0.05) is 18.8 Å². The molecular weight excluding hydrogens is 250 g/mol. The molecule has 0 unspecified atom stereocenters. The normalized spacial score (nSPS) is 11.5. The van der Waals surface area contributed by atoms with Crippen LogP contribution in [-0.4, -0.2) is 35.5 Å². The predicted octanol–water partition coefficient (Wildman–Crippen LogP) is 2.67. The Balaban J connectivity index is 2.08. The number of aromatic nitrogens is 1. The summed E-state index contributed by atoms with van der Waals surface area (Å²) in [6, 6.07) is 6.38. The average molecular weight is 267 g/mol. The second-order valence-electron chi connectivity index (χ2n) is 4.08. The van der Waals surface area contributed by atoms with Crippen LogP contribution in [0, 0.1) is 0 Å². The summed E-state index contributed by atoms with van der Waals surface area (Å²) in [5, 5.41) is 0.646. The van der Waals surface area contributed by atoms with Crippen molar-refractivity contribution in [2.75, 3.05) is 31.3 Å². The highest BCUT2D eigenvalue weighted by molar-refractivity contribution is 7.98. The largest absolute Gasteiger partial charge is 0.375 e. The highest BCUT2D eigenvalue weighted by Crippen LogP contribution is 2.24. The van der Waals surface area contributed by atoms with Gasteiger partial charge in [-0.05, 0) is 31.0 Å². The second kappa shape index (κ2) is 5.71. The van der Waals surface area contributed by atoms with Crippen molar-refractivity contribution in [2.24, 2.45) is 0 Å². The summed E-state index contributed by atoms with van der Waals surface area (Å²) in [5.41, 5.74) is 8.03. The van der Waals surface area contributed by atoms with E-state index < -0.39 is 0 Å². The molecule has 1 aromatic carbocycles. The van der Waals surface area contributed by atoms with Gasteiger partial charge in [-0.1, -0.05) is 17.4 Å². The van der Waals surface area contributed by atoms with Gasteiger partial charge in [0.15, 0.2) is 5.13 Å². The first-order valence-electron chi connectivity index (χ1n) is 5.51. The van der Waals surface area contributed by atoms with E-state index in [1.54, 1.807) is 11.3 Å². The van der Waals surface area contributed by atoms with Crippen LogP contribution in [0.3, 0.4) is 0 Å². The monoisotopic (exact) mass is 267 g/mol. The fourth-order valence-corrected chi connectivity index (χ4v) is 3.02. The van der Waals surface area contributed by atoms with Crippen molar-refractivity contribution in [3.05, 3.63) is 23.8 Å². The fraction of sp³-hybridized carbons (Fsp3) is 0.417. The summed E-state index contributed by atoms with van der Waals surface area (Å²) in [6.45, 7) is 2.10. The highest BCUT2D eigenvalue weighted by Gasteiger charge is 2.04. The lowest BCUT2D eigenvalue weighted by molar-refractivity contribution is 0.349. The number of nitrogens with two attached hydrogens (primary N) is 1. The van der Waals surface area contributed by atoms with Crippen LogP contribution in [-0.2, 0) is 6.54 Å². The number of rotatable bonds is 5. The van der Waals surface area contributed by atoms with E-state index in [1.165, 1.54) is 16.0 Å². The van der Waals surface area contributed by atoms with Gasteiger partial charge >= 0.3 is 0 Å². The Kier molecular flexibility index (Phi) is 4.25. The third-order valence-corrected chi connectivity index (χ3v) is 4.04. The van der Waals surface area contributed by atoms with Crippen LogP contribution in [0.2, 0.25) is 0 Å². The van der Waals surface area contributed by atoms with Gasteiger partial charge in [-0.25, -0.2) is 4.98 Å². The number of fused-ring (bicyclic) bond motifs is 1. The summed E-state index contributed by atoms with van der Waals surface area (Å²) >= 11 is 3.44. The number of thiazole rings is 1. The molecule has 0 fully saturated rings. The average Bonchev–Trinajstić information content (AvgIpc) is 2.65. The first-order chi connectivity index (χ1) is 8.19. The summed E-state index contributed by atoms with van der Waals surface area (Å²) in [7, 11) is 2.15. The maximum atomic E-state index is 5.70. The molecule has 3 nitrogen and oxygen atoms in total. The van der Waals surface area contributed by atoms with E-state index in [0.717, 1.165) is 18.6 Å². The van der Waals surface area contributed by atoms with Crippen molar-refractivity contribution in [3.63, 3.8) is 0 Å². The van der Waals surface area contributed by atoms with Gasteiger partial charge in [0.2, 0.25) is 0 Å². The zero-order chi connectivity index (χ0) is 12.3. The smallest absolute Gasteiger partial charge is 0.181 e. The first kappa shape index (κ1) is 12.7. The van der Waals surface area contributed by atoms with Crippen molar-refractivity contribution >= 4 is 38.4 Å². The van der Waals surface area contributed by atoms with E-state index in [4.69, 9.17) is 5.73 Å². The minimum atomic E-state index is 0.646. The molecule has 0 aliphatic heterocycles.